The zero-order chi connectivity index (χ0) is 8.43. The van der Waals surface area contributed by atoms with Crippen LogP contribution in [-0.2, 0) is 0 Å². The van der Waals surface area contributed by atoms with Gasteiger partial charge in [0.2, 0.25) is 0 Å². The third kappa shape index (κ3) is 2.13. The molecule has 1 aromatic heterocycles. The Balaban J connectivity index is 3.23. The summed E-state index contributed by atoms with van der Waals surface area (Å²) in [6, 6.07) is 1.77. The molecule has 5 heteroatoms. The number of nitrogens with two attached hydrogens (primary N) is 1. The average molecular weight is 326 g/mol. The summed E-state index contributed by atoms with van der Waals surface area (Å²) in [6.07, 6.45) is 1.61. The summed E-state index contributed by atoms with van der Waals surface area (Å²) >= 11 is 5.14. The summed E-state index contributed by atoms with van der Waals surface area (Å²) in [5.74, 6) is 0.396. The molecular formula is C6H5BrIN3. The molecule has 11 heavy (non-hydrogen) atoms. The predicted octanol–water partition coefficient (Wildman–Crippen LogP) is 2.19. The van der Waals surface area contributed by atoms with Gasteiger partial charge in [-0.25, -0.2) is 4.98 Å². The summed E-state index contributed by atoms with van der Waals surface area (Å²) in [5.41, 5.74) is 6.18. The second kappa shape index (κ2) is 3.48. The van der Waals surface area contributed by atoms with Crippen LogP contribution in [0, 0.1) is 5.41 Å². The summed E-state index contributed by atoms with van der Waals surface area (Å²) in [6.45, 7) is 0. The first-order valence-corrected chi connectivity index (χ1v) is 4.64. The van der Waals surface area contributed by atoms with Crippen molar-refractivity contribution in [1.82, 2.24) is 4.98 Å². The molecule has 0 spiro atoms. The van der Waals surface area contributed by atoms with Gasteiger partial charge in [-0.15, -0.1) is 0 Å². The Morgan fingerprint density at radius 1 is 1.73 bits per heavy atom. The van der Waals surface area contributed by atoms with Gasteiger partial charge in [-0.2, -0.15) is 0 Å². The fourth-order valence-corrected chi connectivity index (χ4v) is 1.39. The van der Waals surface area contributed by atoms with Gasteiger partial charge in [-0.05, 0) is 44.6 Å². The molecule has 0 atom stereocenters. The van der Waals surface area contributed by atoms with Gasteiger partial charge in [0.1, 0.15) is 9.54 Å². The summed E-state index contributed by atoms with van der Waals surface area (Å²) in [7, 11) is 0. The van der Waals surface area contributed by atoms with E-state index in [2.05, 4.69) is 20.9 Å². The molecule has 3 N–H and O–H groups in total. The lowest BCUT2D eigenvalue weighted by Crippen LogP contribution is -1.99. The first kappa shape index (κ1) is 8.92. The fourth-order valence-electron chi connectivity index (χ4n) is 0.626. The highest BCUT2D eigenvalue weighted by atomic mass is 127. The van der Waals surface area contributed by atoms with Crippen LogP contribution in [0.2, 0.25) is 0 Å². The molecule has 0 radical (unpaired) electrons. The molecule has 0 unspecified atom stereocenters. The van der Waals surface area contributed by atoms with E-state index in [9.17, 15) is 0 Å². The molecular weight excluding hydrogens is 321 g/mol. The molecule has 0 aromatic carbocycles. The third-order valence-electron chi connectivity index (χ3n) is 1.12. The van der Waals surface area contributed by atoms with Crippen molar-refractivity contribution < 1.29 is 0 Å². The van der Waals surface area contributed by atoms with E-state index in [1.807, 2.05) is 22.6 Å². The van der Waals surface area contributed by atoms with E-state index in [4.69, 9.17) is 11.1 Å². The van der Waals surface area contributed by atoms with Crippen molar-refractivity contribution in [2.75, 3.05) is 5.73 Å². The van der Waals surface area contributed by atoms with E-state index >= 15 is 0 Å². The Morgan fingerprint density at radius 2 is 2.36 bits per heavy atom. The number of pyridine rings is 1. The number of hydrogen-bond donors (Lipinski definition) is 2. The Bertz CT molecular complexity index is 300. The number of anilines is 1. The van der Waals surface area contributed by atoms with Crippen LogP contribution < -0.4 is 5.73 Å². The molecule has 3 nitrogen and oxygen atoms in total. The second-order valence-corrected chi connectivity index (χ2v) is 3.89. The number of hydrogen-bond acceptors (Lipinski definition) is 3. The van der Waals surface area contributed by atoms with Gasteiger partial charge in [0.05, 0.1) is 0 Å². The molecule has 0 bridgehead atoms. The Kier molecular flexibility index (Phi) is 2.83. The SMILES string of the molecule is N=C(I)c1cc(Br)cnc1N. The van der Waals surface area contributed by atoms with Gasteiger partial charge < -0.3 is 5.73 Å². The van der Waals surface area contributed by atoms with E-state index in [-0.39, 0.29) is 0 Å². The lowest BCUT2D eigenvalue weighted by atomic mass is 10.3. The minimum atomic E-state index is 0.396. The van der Waals surface area contributed by atoms with Gasteiger partial charge >= 0.3 is 0 Å². The number of nitrogens with one attached hydrogen (secondary N) is 1. The smallest absolute Gasteiger partial charge is 0.133 e. The monoisotopic (exact) mass is 325 g/mol. The molecule has 0 fully saturated rings. The van der Waals surface area contributed by atoms with Gasteiger partial charge in [-0.3, -0.25) is 5.41 Å². The molecule has 0 amide bonds. The van der Waals surface area contributed by atoms with Gasteiger partial charge in [0.15, 0.2) is 0 Å². The number of nitrogen functional groups attached to an aromatic ring is 1. The highest BCUT2D eigenvalue weighted by Gasteiger charge is 2.03. The second-order valence-electron chi connectivity index (χ2n) is 1.90. The van der Waals surface area contributed by atoms with E-state index < -0.39 is 0 Å². The highest BCUT2D eigenvalue weighted by molar-refractivity contribution is 14.1. The highest BCUT2D eigenvalue weighted by Crippen LogP contribution is 2.17. The van der Waals surface area contributed by atoms with Crippen molar-refractivity contribution in [1.29, 1.82) is 5.41 Å². The molecule has 0 saturated heterocycles. The van der Waals surface area contributed by atoms with E-state index in [0.29, 0.717) is 15.1 Å². The molecule has 0 aliphatic heterocycles. The van der Waals surface area contributed by atoms with Crippen molar-refractivity contribution in [3.8, 4) is 0 Å². The standard InChI is InChI=1S/C6H5BrIN3/c7-3-1-4(5(8)9)6(10)11-2-3/h1-2,9H,(H2,10,11). The maximum Gasteiger partial charge on any atom is 0.133 e. The zero-order valence-electron chi connectivity index (χ0n) is 5.44. The number of nitrogens with zero attached hydrogens (tertiary/aromatic N) is 1. The van der Waals surface area contributed by atoms with Crippen molar-refractivity contribution in [3.63, 3.8) is 0 Å². The predicted molar refractivity (Wildman–Crippen MR) is 57.2 cm³/mol. The quantitative estimate of drug-likeness (QED) is 0.614. The molecule has 58 valence electrons. The van der Waals surface area contributed by atoms with Gasteiger partial charge in [0, 0.05) is 16.2 Å². The summed E-state index contributed by atoms with van der Waals surface area (Å²) in [5, 5.41) is 7.32. The third-order valence-corrected chi connectivity index (χ3v) is 2.14. The van der Waals surface area contributed by atoms with Crippen LogP contribution in [-0.4, -0.2) is 8.70 Å². The Labute approximate surface area is 86.2 Å². The number of aromatic nitrogens is 1. The largest absolute Gasteiger partial charge is 0.383 e. The molecule has 1 rings (SSSR count). The van der Waals surface area contributed by atoms with Crippen LogP contribution in [0.15, 0.2) is 16.7 Å². The van der Waals surface area contributed by atoms with Crippen LogP contribution in [0.5, 0.6) is 0 Å². The van der Waals surface area contributed by atoms with Crippen molar-refractivity contribution >= 4 is 48.1 Å². The average Bonchev–Trinajstić information content (AvgIpc) is 1.94. The van der Waals surface area contributed by atoms with Crippen LogP contribution in [0.4, 0.5) is 5.82 Å². The molecule has 1 aromatic rings. The Hall–Kier alpha value is -0.170. The first-order chi connectivity index (χ1) is 5.11. The molecule has 0 aliphatic rings. The van der Waals surface area contributed by atoms with Crippen LogP contribution in [0.1, 0.15) is 5.56 Å². The van der Waals surface area contributed by atoms with Crippen LogP contribution in [0.3, 0.4) is 0 Å². The first-order valence-electron chi connectivity index (χ1n) is 2.76. The van der Waals surface area contributed by atoms with Gasteiger partial charge in [-0.1, -0.05) is 0 Å². The van der Waals surface area contributed by atoms with Crippen molar-refractivity contribution in [2.24, 2.45) is 0 Å². The van der Waals surface area contributed by atoms with Crippen LogP contribution >= 0.6 is 38.5 Å². The van der Waals surface area contributed by atoms with Crippen molar-refractivity contribution in [3.05, 3.63) is 22.3 Å². The maximum absolute atomic E-state index is 7.32. The van der Waals surface area contributed by atoms with Gasteiger partial charge in [0.25, 0.3) is 0 Å². The minimum absolute atomic E-state index is 0.396. The van der Waals surface area contributed by atoms with Crippen molar-refractivity contribution in [2.45, 2.75) is 0 Å². The molecule has 0 aliphatic carbocycles. The zero-order valence-corrected chi connectivity index (χ0v) is 9.18. The lowest BCUT2D eigenvalue weighted by Gasteiger charge is -2.00. The van der Waals surface area contributed by atoms with E-state index in [1.165, 1.54) is 0 Å². The fraction of sp³-hybridized carbons (Fsp3) is 0. The van der Waals surface area contributed by atoms with E-state index in [0.717, 1.165) is 4.47 Å². The minimum Gasteiger partial charge on any atom is -0.383 e. The normalized spacial score (nSPS) is 9.64. The Morgan fingerprint density at radius 3 is 2.82 bits per heavy atom. The topological polar surface area (TPSA) is 62.8 Å². The van der Waals surface area contributed by atoms with Crippen LogP contribution in [0.25, 0.3) is 0 Å². The molecule has 0 saturated carbocycles. The number of rotatable bonds is 1. The summed E-state index contributed by atoms with van der Waals surface area (Å²) < 4.78 is 1.23. The summed E-state index contributed by atoms with van der Waals surface area (Å²) in [4.78, 5) is 3.89. The number of halogens is 2. The molecule has 1 heterocycles. The van der Waals surface area contributed by atoms with E-state index in [1.54, 1.807) is 12.3 Å². The maximum atomic E-state index is 7.32. The lowest BCUT2D eigenvalue weighted by molar-refractivity contribution is 1.30.